The Labute approximate surface area is 120 Å². The Morgan fingerprint density at radius 2 is 2.06 bits per heavy atom. The molecular formula is C11H10Cl4N2. The summed E-state index contributed by atoms with van der Waals surface area (Å²) in [5, 5.41) is 0.605. The average molecular weight is 312 g/mol. The van der Waals surface area contributed by atoms with Crippen LogP contribution in [0.25, 0.3) is 0 Å². The van der Waals surface area contributed by atoms with E-state index >= 15 is 0 Å². The zero-order valence-electron chi connectivity index (χ0n) is 8.76. The van der Waals surface area contributed by atoms with E-state index < -0.39 is 3.79 Å². The molecule has 0 amide bonds. The number of benzene rings is 1. The van der Waals surface area contributed by atoms with Gasteiger partial charge in [0.25, 0.3) is 0 Å². The first-order chi connectivity index (χ1) is 7.84. The van der Waals surface area contributed by atoms with Crippen LogP contribution in [0.5, 0.6) is 0 Å². The van der Waals surface area contributed by atoms with Crippen LogP contribution in [0.2, 0.25) is 5.02 Å². The molecule has 17 heavy (non-hydrogen) atoms. The molecule has 0 saturated carbocycles. The van der Waals surface area contributed by atoms with E-state index in [-0.39, 0.29) is 5.84 Å². The number of nitrogens with two attached hydrogens (primary N) is 1. The van der Waals surface area contributed by atoms with Crippen molar-refractivity contribution in [2.24, 2.45) is 10.7 Å². The molecule has 92 valence electrons. The van der Waals surface area contributed by atoms with Gasteiger partial charge in [0.05, 0.1) is 5.69 Å². The molecule has 0 aliphatic heterocycles. The molecule has 0 atom stereocenters. The van der Waals surface area contributed by atoms with E-state index in [9.17, 15) is 0 Å². The third kappa shape index (κ3) is 4.40. The van der Waals surface area contributed by atoms with Crippen LogP contribution in [0.1, 0.15) is 5.56 Å². The zero-order chi connectivity index (χ0) is 13.1. The third-order valence-electron chi connectivity index (χ3n) is 1.94. The van der Waals surface area contributed by atoms with E-state index in [1.165, 1.54) is 0 Å². The highest BCUT2D eigenvalue weighted by Crippen LogP contribution is 2.30. The second-order valence-electron chi connectivity index (χ2n) is 3.26. The Balaban J connectivity index is 3.18. The van der Waals surface area contributed by atoms with E-state index in [2.05, 4.69) is 11.6 Å². The standard InChI is InChI=1S/C11H10Cl4N2/c1-2-3-7-6-8(12)4-5-9(7)17-10(16)11(13,14)15/h2,4-6H,1,3H2,(H2,16,17). The summed E-state index contributed by atoms with van der Waals surface area (Å²) in [5.41, 5.74) is 7.06. The number of halogens is 4. The molecule has 0 aliphatic rings. The Hall–Kier alpha value is -0.410. The number of rotatable bonds is 3. The summed E-state index contributed by atoms with van der Waals surface area (Å²) in [6.07, 6.45) is 2.34. The van der Waals surface area contributed by atoms with Gasteiger partial charge in [0.2, 0.25) is 3.79 Å². The molecular weight excluding hydrogens is 302 g/mol. The van der Waals surface area contributed by atoms with Crippen LogP contribution in [0, 0.1) is 0 Å². The summed E-state index contributed by atoms with van der Waals surface area (Å²) in [6.45, 7) is 3.65. The van der Waals surface area contributed by atoms with Gasteiger partial charge in [-0.1, -0.05) is 52.5 Å². The Kier molecular flexibility index (Phi) is 5.14. The highest BCUT2D eigenvalue weighted by Gasteiger charge is 2.25. The lowest BCUT2D eigenvalue weighted by Crippen LogP contribution is -2.27. The highest BCUT2D eigenvalue weighted by atomic mass is 35.6. The lowest BCUT2D eigenvalue weighted by Gasteiger charge is -2.11. The lowest BCUT2D eigenvalue weighted by atomic mass is 10.1. The van der Waals surface area contributed by atoms with Crippen molar-refractivity contribution in [1.82, 2.24) is 0 Å². The van der Waals surface area contributed by atoms with Gasteiger partial charge in [0, 0.05) is 5.02 Å². The summed E-state index contributed by atoms with van der Waals surface area (Å²) in [6, 6.07) is 5.18. The summed E-state index contributed by atoms with van der Waals surface area (Å²) in [5.74, 6) is -0.0878. The van der Waals surface area contributed by atoms with Crippen molar-refractivity contribution >= 4 is 57.9 Å². The summed E-state index contributed by atoms with van der Waals surface area (Å²) >= 11 is 22.8. The number of amidine groups is 1. The van der Waals surface area contributed by atoms with Gasteiger partial charge in [-0.2, -0.15) is 0 Å². The molecule has 1 aromatic carbocycles. The van der Waals surface area contributed by atoms with Gasteiger partial charge in [-0.25, -0.2) is 4.99 Å². The molecule has 0 fully saturated rings. The predicted octanol–water partition coefficient (Wildman–Crippen LogP) is 4.43. The second kappa shape index (κ2) is 5.96. The molecule has 0 unspecified atom stereocenters. The maximum absolute atomic E-state index is 5.89. The molecule has 0 heterocycles. The largest absolute Gasteiger partial charge is 0.384 e. The Morgan fingerprint density at radius 3 is 2.59 bits per heavy atom. The van der Waals surface area contributed by atoms with Gasteiger partial charge in [0.1, 0.15) is 0 Å². The van der Waals surface area contributed by atoms with E-state index in [1.54, 1.807) is 24.3 Å². The smallest absolute Gasteiger partial charge is 0.247 e. The third-order valence-corrected chi connectivity index (χ3v) is 2.75. The normalized spacial score (nSPS) is 12.6. The molecule has 2 nitrogen and oxygen atoms in total. The number of hydrogen-bond acceptors (Lipinski definition) is 1. The highest BCUT2D eigenvalue weighted by molar-refractivity contribution is 6.76. The molecule has 0 saturated heterocycles. The summed E-state index contributed by atoms with van der Waals surface area (Å²) < 4.78 is -1.72. The fraction of sp³-hybridized carbons (Fsp3) is 0.182. The van der Waals surface area contributed by atoms with Crippen molar-refractivity contribution in [2.45, 2.75) is 10.2 Å². The van der Waals surface area contributed by atoms with E-state index in [1.807, 2.05) is 0 Å². The van der Waals surface area contributed by atoms with Crippen molar-refractivity contribution in [2.75, 3.05) is 0 Å². The quantitative estimate of drug-likeness (QED) is 0.381. The molecule has 0 aliphatic carbocycles. The molecule has 0 spiro atoms. The molecule has 2 N–H and O–H groups in total. The first-order valence-electron chi connectivity index (χ1n) is 4.65. The van der Waals surface area contributed by atoms with Crippen molar-refractivity contribution in [3.63, 3.8) is 0 Å². The minimum atomic E-state index is -1.72. The monoisotopic (exact) mass is 310 g/mol. The fourth-order valence-electron chi connectivity index (χ4n) is 1.18. The van der Waals surface area contributed by atoms with Crippen LogP contribution in [-0.4, -0.2) is 9.63 Å². The van der Waals surface area contributed by atoms with Gasteiger partial charge in [-0.3, -0.25) is 0 Å². The molecule has 0 bridgehead atoms. The number of nitrogens with zero attached hydrogens (tertiary/aromatic N) is 1. The van der Waals surface area contributed by atoms with Gasteiger partial charge >= 0.3 is 0 Å². The Morgan fingerprint density at radius 1 is 1.41 bits per heavy atom. The van der Waals surface area contributed by atoms with Crippen LogP contribution in [0.15, 0.2) is 35.8 Å². The predicted molar refractivity (Wildman–Crippen MR) is 76.9 cm³/mol. The van der Waals surface area contributed by atoms with Crippen LogP contribution in [0.4, 0.5) is 5.69 Å². The maximum Gasteiger partial charge on any atom is 0.247 e. The molecule has 1 rings (SSSR count). The first-order valence-corrected chi connectivity index (χ1v) is 6.16. The van der Waals surface area contributed by atoms with Gasteiger partial charge in [0.15, 0.2) is 5.84 Å². The van der Waals surface area contributed by atoms with E-state index in [0.717, 1.165) is 5.56 Å². The van der Waals surface area contributed by atoms with Crippen molar-refractivity contribution < 1.29 is 0 Å². The zero-order valence-corrected chi connectivity index (χ0v) is 11.8. The summed E-state index contributed by atoms with van der Waals surface area (Å²) in [7, 11) is 0. The van der Waals surface area contributed by atoms with Crippen molar-refractivity contribution in [3.05, 3.63) is 41.4 Å². The van der Waals surface area contributed by atoms with Crippen molar-refractivity contribution in [1.29, 1.82) is 0 Å². The topological polar surface area (TPSA) is 38.4 Å². The van der Waals surface area contributed by atoms with Crippen LogP contribution in [-0.2, 0) is 6.42 Å². The van der Waals surface area contributed by atoms with E-state index in [0.29, 0.717) is 17.1 Å². The minimum absolute atomic E-state index is 0.0878. The molecule has 1 aromatic rings. The number of hydrogen-bond donors (Lipinski definition) is 1. The van der Waals surface area contributed by atoms with Crippen LogP contribution in [0.3, 0.4) is 0 Å². The van der Waals surface area contributed by atoms with Gasteiger partial charge < -0.3 is 5.73 Å². The fourth-order valence-corrected chi connectivity index (χ4v) is 1.50. The number of allylic oxidation sites excluding steroid dienone is 1. The summed E-state index contributed by atoms with van der Waals surface area (Å²) in [4.78, 5) is 4.08. The molecule has 0 radical (unpaired) electrons. The number of alkyl halides is 3. The minimum Gasteiger partial charge on any atom is -0.384 e. The van der Waals surface area contributed by atoms with Crippen LogP contribution < -0.4 is 5.73 Å². The van der Waals surface area contributed by atoms with Crippen molar-refractivity contribution in [3.8, 4) is 0 Å². The maximum atomic E-state index is 5.89. The van der Waals surface area contributed by atoms with Gasteiger partial charge in [-0.15, -0.1) is 6.58 Å². The first kappa shape index (κ1) is 14.7. The second-order valence-corrected chi connectivity index (χ2v) is 5.98. The lowest BCUT2D eigenvalue weighted by molar-refractivity contribution is 1.24. The van der Waals surface area contributed by atoms with Crippen LogP contribution >= 0.6 is 46.4 Å². The number of aliphatic imine (C=N–C) groups is 1. The SMILES string of the molecule is C=CCc1cc(Cl)ccc1N=C(N)C(Cl)(Cl)Cl. The Bertz CT molecular complexity index is 449. The van der Waals surface area contributed by atoms with Gasteiger partial charge in [-0.05, 0) is 30.2 Å². The average Bonchev–Trinajstić information content (AvgIpc) is 2.21. The molecule has 0 aromatic heterocycles. The van der Waals surface area contributed by atoms with E-state index in [4.69, 9.17) is 52.1 Å². The molecule has 6 heteroatoms.